The molecule has 1 N–H and O–H groups in total. The number of rotatable bonds is 3. The number of aliphatic hydroxyl groups is 1. The number of hydrogen-bond donors (Lipinski definition) is 1. The molecule has 16 heavy (non-hydrogen) atoms. The van der Waals surface area contributed by atoms with Crippen molar-refractivity contribution in [2.45, 2.75) is 63.6 Å². The molecule has 0 aliphatic carbocycles. The summed E-state index contributed by atoms with van der Waals surface area (Å²) in [6.07, 6.45) is 4.81. The zero-order valence-corrected chi connectivity index (χ0v) is 10.8. The fourth-order valence-electron chi connectivity index (χ4n) is 3.16. The summed E-state index contributed by atoms with van der Waals surface area (Å²) in [6, 6.07) is 0.381. The van der Waals surface area contributed by atoms with Crippen molar-refractivity contribution in [1.29, 1.82) is 0 Å². The van der Waals surface area contributed by atoms with Crippen LogP contribution in [0.15, 0.2) is 0 Å². The van der Waals surface area contributed by atoms with Gasteiger partial charge in [0.25, 0.3) is 0 Å². The van der Waals surface area contributed by atoms with Crippen LogP contribution in [0.2, 0.25) is 0 Å². The second-order valence-electron chi connectivity index (χ2n) is 6.30. The number of hydrogen-bond acceptors (Lipinski definition) is 3. The maximum Gasteiger partial charge on any atom is 0.0657 e. The molecule has 0 amide bonds. The molecule has 0 aromatic carbocycles. The molecule has 0 bridgehead atoms. The van der Waals surface area contributed by atoms with E-state index in [1.165, 1.54) is 19.3 Å². The van der Waals surface area contributed by atoms with Gasteiger partial charge in [0.15, 0.2) is 0 Å². The molecule has 2 fully saturated rings. The van der Waals surface area contributed by atoms with Crippen LogP contribution in [0.5, 0.6) is 0 Å². The van der Waals surface area contributed by atoms with Gasteiger partial charge in [-0.1, -0.05) is 0 Å². The quantitative estimate of drug-likeness (QED) is 0.798. The van der Waals surface area contributed by atoms with Crippen molar-refractivity contribution in [1.82, 2.24) is 4.90 Å². The minimum Gasteiger partial charge on any atom is -0.395 e. The molecule has 2 saturated heterocycles. The van der Waals surface area contributed by atoms with Gasteiger partial charge in [-0.2, -0.15) is 0 Å². The van der Waals surface area contributed by atoms with E-state index >= 15 is 0 Å². The molecule has 94 valence electrons. The van der Waals surface area contributed by atoms with Crippen molar-refractivity contribution >= 4 is 0 Å². The highest BCUT2D eigenvalue weighted by atomic mass is 16.5. The van der Waals surface area contributed by atoms with Crippen LogP contribution < -0.4 is 0 Å². The second-order valence-corrected chi connectivity index (χ2v) is 6.30. The van der Waals surface area contributed by atoms with Crippen LogP contribution in [-0.4, -0.2) is 46.9 Å². The van der Waals surface area contributed by atoms with E-state index in [0.717, 1.165) is 19.6 Å². The summed E-state index contributed by atoms with van der Waals surface area (Å²) in [7, 11) is 0. The molecule has 3 nitrogen and oxygen atoms in total. The standard InChI is InChI=1S/C13H25NO2/c1-12(2,3)16-10-13-6-4-8-14(13)11(9-15)5-7-13/h11,15H,4-10H2,1-3H3/t11-,13-/m1/s1. The van der Waals surface area contributed by atoms with E-state index in [1.807, 2.05) is 0 Å². The van der Waals surface area contributed by atoms with E-state index in [0.29, 0.717) is 12.6 Å². The van der Waals surface area contributed by atoms with Crippen molar-refractivity contribution in [2.24, 2.45) is 0 Å². The lowest BCUT2D eigenvalue weighted by Gasteiger charge is -2.36. The molecule has 0 spiro atoms. The van der Waals surface area contributed by atoms with Gasteiger partial charge in [0.2, 0.25) is 0 Å². The molecule has 2 aliphatic heterocycles. The monoisotopic (exact) mass is 227 g/mol. The molecule has 3 heteroatoms. The third-order valence-electron chi connectivity index (χ3n) is 4.02. The summed E-state index contributed by atoms with van der Waals surface area (Å²) in [5.74, 6) is 0. The van der Waals surface area contributed by atoms with Crippen LogP contribution in [0.3, 0.4) is 0 Å². The summed E-state index contributed by atoms with van der Waals surface area (Å²) in [6.45, 7) is 8.60. The van der Waals surface area contributed by atoms with Crippen molar-refractivity contribution in [2.75, 3.05) is 19.8 Å². The fourth-order valence-corrected chi connectivity index (χ4v) is 3.16. The number of nitrogens with zero attached hydrogens (tertiary/aromatic N) is 1. The molecular formula is C13H25NO2. The first-order valence-corrected chi connectivity index (χ1v) is 6.48. The first-order chi connectivity index (χ1) is 7.47. The van der Waals surface area contributed by atoms with Crippen LogP contribution in [0.25, 0.3) is 0 Å². The van der Waals surface area contributed by atoms with Crippen LogP contribution in [-0.2, 0) is 4.74 Å². The van der Waals surface area contributed by atoms with Crippen molar-refractivity contribution in [3.63, 3.8) is 0 Å². The van der Waals surface area contributed by atoms with Gasteiger partial charge >= 0.3 is 0 Å². The number of fused-ring (bicyclic) bond motifs is 1. The van der Waals surface area contributed by atoms with Crippen molar-refractivity contribution < 1.29 is 9.84 Å². The van der Waals surface area contributed by atoms with Crippen LogP contribution >= 0.6 is 0 Å². The van der Waals surface area contributed by atoms with E-state index in [1.54, 1.807) is 0 Å². The van der Waals surface area contributed by atoms with Gasteiger partial charge in [-0.05, 0) is 53.0 Å². The number of ether oxygens (including phenoxy) is 1. The normalized spacial score (nSPS) is 35.6. The minimum absolute atomic E-state index is 0.0552. The van der Waals surface area contributed by atoms with Crippen molar-refractivity contribution in [3.8, 4) is 0 Å². The molecule has 0 aromatic rings. The Kier molecular flexibility index (Phi) is 3.30. The van der Waals surface area contributed by atoms with E-state index in [9.17, 15) is 5.11 Å². The Labute approximate surface area is 98.8 Å². The molecule has 2 atom stereocenters. The predicted molar refractivity (Wildman–Crippen MR) is 64.5 cm³/mol. The summed E-state index contributed by atoms with van der Waals surface area (Å²) in [4.78, 5) is 2.50. The summed E-state index contributed by atoms with van der Waals surface area (Å²) < 4.78 is 5.99. The predicted octanol–water partition coefficient (Wildman–Crippen LogP) is 1.79. The maximum atomic E-state index is 9.37. The lowest BCUT2D eigenvalue weighted by molar-refractivity contribution is -0.0588. The number of aliphatic hydroxyl groups excluding tert-OH is 1. The Morgan fingerprint density at radius 2 is 2.12 bits per heavy atom. The van der Waals surface area contributed by atoms with Crippen LogP contribution in [0, 0.1) is 0 Å². The molecular weight excluding hydrogens is 202 g/mol. The Morgan fingerprint density at radius 3 is 2.75 bits per heavy atom. The fraction of sp³-hybridized carbons (Fsp3) is 1.00. The van der Waals surface area contributed by atoms with Crippen molar-refractivity contribution in [3.05, 3.63) is 0 Å². The van der Waals surface area contributed by atoms with Crippen LogP contribution in [0.4, 0.5) is 0 Å². The van der Waals surface area contributed by atoms with E-state index in [-0.39, 0.29) is 11.1 Å². The zero-order valence-electron chi connectivity index (χ0n) is 10.8. The lowest BCUT2D eigenvalue weighted by Crippen LogP contribution is -2.48. The Bertz CT molecular complexity index is 249. The molecule has 0 unspecified atom stereocenters. The van der Waals surface area contributed by atoms with E-state index in [2.05, 4.69) is 25.7 Å². The van der Waals surface area contributed by atoms with Gasteiger partial charge < -0.3 is 9.84 Å². The molecule has 2 rings (SSSR count). The Hall–Kier alpha value is -0.120. The smallest absolute Gasteiger partial charge is 0.0657 e. The molecule has 0 aromatic heterocycles. The van der Waals surface area contributed by atoms with Gasteiger partial charge in [0.1, 0.15) is 0 Å². The third-order valence-corrected chi connectivity index (χ3v) is 4.02. The van der Waals surface area contributed by atoms with E-state index < -0.39 is 0 Å². The zero-order chi connectivity index (χ0) is 11.8. The SMILES string of the molecule is CC(C)(C)OC[C@]12CCCN1[C@@H](CO)CC2. The topological polar surface area (TPSA) is 32.7 Å². The highest BCUT2D eigenvalue weighted by Crippen LogP contribution is 2.42. The first-order valence-electron chi connectivity index (χ1n) is 6.48. The Balaban J connectivity index is 2.01. The Morgan fingerprint density at radius 1 is 1.38 bits per heavy atom. The van der Waals surface area contributed by atoms with Gasteiger partial charge in [0.05, 0.1) is 18.8 Å². The molecule has 0 radical (unpaired) electrons. The summed E-state index contributed by atoms with van der Waals surface area (Å²) >= 11 is 0. The van der Waals surface area contributed by atoms with Crippen LogP contribution in [0.1, 0.15) is 46.5 Å². The van der Waals surface area contributed by atoms with Gasteiger partial charge in [0, 0.05) is 11.6 Å². The summed E-state index contributed by atoms with van der Waals surface area (Å²) in [5.41, 5.74) is 0.182. The lowest BCUT2D eigenvalue weighted by atomic mass is 9.95. The van der Waals surface area contributed by atoms with Gasteiger partial charge in [-0.25, -0.2) is 0 Å². The average molecular weight is 227 g/mol. The summed E-state index contributed by atoms with van der Waals surface area (Å²) in [5, 5.41) is 9.37. The molecule has 2 heterocycles. The first kappa shape index (κ1) is 12.3. The minimum atomic E-state index is -0.0552. The molecule has 0 saturated carbocycles. The van der Waals surface area contributed by atoms with E-state index in [4.69, 9.17) is 4.74 Å². The molecule has 2 aliphatic rings. The highest BCUT2D eigenvalue weighted by Gasteiger charge is 2.49. The highest BCUT2D eigenvalue weighted by molar-refractivity contribution is 5.04. The largest absolute Gasteiger partial charge is 0.395 e. The van der Waals surface area contributed by atoms with Gasteiger partial charge in [-0.3, -0.25) is 4.90 Å². The maximum absolute atomic E-state index is 9.37. The second kappa shape index (κ2) is 4.28. The van der Waals surface area contributed by atoms with Gasteiger partial charge in [-0.15, -0.1) is 0 Å². The average Bonchev–Trinajstić information content (AvgIpc) is 2.71. The third kappa shape index (κ3) is 2.27.